The largest absolute Gasteiger partial charge is 0.340 e. The monoisotopic (exact) mass is 366 g/mol. The summed E-state index contributed by atoms with van der Waals surface area (Å²) in [6, 6.07) is 28.2. The Labute approximate surface area is 162 Å². The predicted octanol–water partition coefficient (Wildman–Crippen LogP) is 4.66. The Morgan fingerprint density at radius 2 is 1.32 bits per heavy atom. The van der Waals surface area contributed by atoms with E-state index >= 15 is 0 Å². The molecule has 0 spiro atoms. The highest BCUT2D eigenvalue weighted by atomic mass is 16.2. The molecule has 4 rings (SSSR count). The SMILES string of the molecule is O=C(/C=C/c1ccccc1)n1c(-c2ccccc2)cn(-c2ccccc2)c1=O. The summed E-state index contributed by atoms with van der Waals surface area (Å²) in [4.78, 5) is 26.0. The van der Waals surface area contributed by atoms with Gasteiger partial charge in [0.1, 0.15) is 0 Å². The van der Waals surface area contributed by atoms with Crippen LogP contribution < -0.4 is 5.69 Å². The van der Waals surface area contributed by atoms with E-state index in [0.29, 0.717) is 11.4 Å². The second-order valence-electron chi connectivity index (χ2n) is 6.29. The molecule has 1 aromatic heterocycles. The van der Waals surface area contributed by atoms with Crippen LogP contribution in [0.4, 0.5) is 0 Å². The van der Waals surface area contributed by atoms with Crippen LogP contribution in [0.2, 0.25) is 0 Å². The van der Waals surface area contributed by atoms with Crippen LogP contribution in [0, 0.1) is 0 Å². The number of para-hydroxylation sites is 1. The standard InChI is InChI=1S/C24H18N2O2/c27-23(17-16-19-10-4-1-5-11-19)26-22(20-12-6-2-7-13-20)18-25(24(26)28)21-14-8-3-9-15-21/h1-18H/b17-16+. The van der Waals surface area contributed by atoms with Gasteiger partial charge in [0.15, 0.2) is 0 Å². The minimum atomic E-state index is -0.396. The summed E-state index contributed by atoms with van der Waals surface area (Å²) in [6.45, 7) is 0. The molecule has 4 nitrogen and oxygen atoms in total. The zero-order valence-electron chi connectivity index (χ0n) is 15.1. The topological polar surface area (TPSA) is 44.0 Å². The molecule has 3 aromatic carbocycles. The zero-order valence-corrected chi connectivity index (χ0v) is 15.1. The maximum Gasteiger partial charge on any atom is 0.340 e. The number of nitrogens with zero attached hydrogens (tertiary/aromatic N) is 2. The normalized spacial score (nSPS) is 11.0. The number of rotatable bonds is 4. The molecule has 0 fully saturated rings. The third-order valence-corrected chi connectivity index (χ3v) is 4.43. The minimum Gasteiger partial charge on any atom is -0.269 e. The summed E-state index contributed by atoms with van der Waals surface area (Å²) < 4.78 is 2.71. The Balaban J connectivity index is 1.83. The molecule has 0 aliphatic rings. The first kappa shape index (κ1) is 17.5. The lowest BCUT2D eigenvalue weighted by Crippen LogP contribution is -2.27. The lowest BCUT2D eigenvalue weighted by Gasteiger charge is -2.03. The van der Waals surface area contributed by atoms with E-state index in [4.69, 9.17) is 0 Å². The van der Waals surface area contributed by atoms with Gasteiger partial charge in [-0.1, -0.05) is 78.9 Å². The molecule has 0 aliphatic heterocycles. The first-order valence-electron chi connectivity index (χ1n) is 8.97. The van der Waals surface area contributed by atoms with Crippen LogP contribution in [0.15, 0.2) is 108 Å². The predicted molar refractivity (Wildman–Crippen MR) is 112 cm³/mol. The second kappa shape index (κ2) is 7.76. The lowest BCUT2D eigenvalue weighted by atomic mass is 10.1. The lowest BCUT2D eigenvalue weighted by molar-refractivity contribution is 0.0967. The molecular weight excluding hydrogens is 348 g/mol. The van der Waals surface area contributed by atoms with Crippen LogP contribution in [0.25, 0.3) is 23.0 Å². The maximum absolute atomic E-state index is 13.1. The van der Waals surface area contributed by atoms with Gasteiger partial charge in [-0.15, -0.1) is 0 Å². The Kier molecular flexibility index (Phi) is 4.85. The molecule has 0 atom stereocenters. The van der Waals surface area contributed by atoms with Crippen LogP contribution in [-0.2, 0) is 0 Å². The quantitative estimate of drug-likeness (QED) is 0.493. The minimum absolute atomic E-state index is 0.387. The first-order chi connectivity index (χ1) is 13.7. The smallest absolute Gasteiger partial charge is 0.269 e. The molecule has 0 saturated heterocycles. The summed E-state index contributed by atoms with van der Waals surface area (Å²) in [5.41, 5.74) is 2.57. The number of benzene rings is 3. The van der Waals surface area contributed by atoms with Crippen molar-refractivity contribution < 1.29 is 4.79 Å². The van der Waals surface area contributed by atoms with Gasteiger partial charge in [-0.2, -0.15) is 0 Å². The van der Waals surface area contributed by atoms with Crippen molar-refractivity contribution >= 4 is 12.0 Å². The van der Waals surface area contributed by atoms with Crippen molar-refractivity contribution in [3.05, 3.63) is 119 Å². The number of imidazole rings is 1. The van der Waals surface area contributed by atoms with E-state index in [1.54, 1.807) is 12.3 Å². The average Bonchev–Trinajstić information content (AvgIpc) is 3.11. The number of carbonyl (C=O) groups excluding carboxylic acids is 1. The molecule has 0 amide bonds. The molecular formula is C24H18N2O2. The average molecular weight is 366 g/mol. The highest BCUT2D eigenvalue weighted by molar-refractivity contribution is 5.96. The number of hydrogen-bond acceptors (Lipinski definition) is 2. The molecule has 0 unspecified atom stereocenters. The van der Waals surface area contributed by atoms with E-state index in [1.807, 2.05) is 91.0 Å². The van der Waals surface area contributed by atoms with Crippen molar-refractivity contribution in [2.24, 2.45) is 0 Å². The molecule has 4 aromatic rings. The van der Waals surface area contributed by atoms with Crippen molar-refractivity contribution in [3.63, 3.8) is 0 Å². The summed E-state index contributed by atoms with van der Waals surface area (Å²) in [5.74, 6) is -0.387. The van der Waals surface area contributed by atoms with Crippen molar-refractivity contribution in [1.29, 1.82) is 0 Å². The van der Waals surface area contributed by atoms with E-state index in [9.17, 15) is 9.59 Å². The first-order valence-corrected chi connectivity index (χ1v) is 8.97. The van der Waals surface area contributed by atoms with Crippen molar-refractivity contribution in [1.82, 2.24) is 9.13 Å². The van der Waals surface area contributed by atoms with Gasteiger partial charge in [0.05, 0.1) is 11.4 Å². The molecule has 4 heteroatoms. The van der Waals surface area contributed by atoms with Gasteiger partial charge in [-0.3, -0.25) is 9.36 Å². The summed E-state index contributed by atoms with van der Waals surface area (Å²) >= 11 is 0. The van der Waals surface area contributed by atoms with Gasteiger partial charge in [0, 0.05) is 17.8 Å². The molecule has 28 heavy (non-hydrogen) atoms. The van der Waals surface area contributed by atoms with Crippen LogP contribution in [0.3, 0.4) is 0 Å². The second-order valence-corrected chi connectivity index (χ2v) is 6.29. The fraction of sp³-hybridized carbons (Fsp3) is 0. The molecule has 0 radical (unpaired) electrons. The van der Waals surface area contributed by atoms with Gasteiger partial charge < -0.3 is 0 Å². The summed E-state index contributed by atoms with van der Waals surface area (Å²) in [7, 11) is 0. The van der Waals surface area contributed by atoms with Crippen molar-refractivity contribution in [3.8, 4) is 16.9 Å². The Morgan fingerprint density at radius 1 is 0.750 bits per heavy atom. The van der Waals surface area contributed by atoms with Crippen molar-refractivity contribution in [2.75, 3.05) is 0 Å². The summed E-state index contributed by atoms with van der Waals surface area (Å²) in [5, 5.41) is 0. The van der Waals surface area contributed by atoms with Crippen LogP contribution >= 0.6 is 0 Å². The van der Waals surface area contributed by atoms with Gasteiger partial charge in [0.2, 0.25) is 0 Å². The van der Waals surface area contributed by atoms with Crippen LogP contribution in [-0.4, -0.2) is 15.0 Å². The van der Waals surface area contributed by atoms with E-state index in [1.165, 1.54) is 15.2 Å². The van der Waals surface area contributed by atoms with E-state index in [-0.39, 0.29) is 5.91 Å². The number of aromatic nitrogens is 2. The molecule has 1 heterocycles. The third kappa shape index (κ3) is 3.48. The van der Waals surface area contributed by atoms with Crippen LogP contribution in [0.5, 0.6) is 0 Å². The molecule has 0 N–H and O–H groups in total. The number of allylic oxidation sites excluding steroid dienone is 1. The Hall–Kier alpha value is -3.92. The molecule has 136 valence electrons. The Bertz CT molecular complexity index is 1170. The highest BCUT2D eigenvalue weighted by Gasteiger charge is 2.18. The Morgan fingerprint density at radius 3 is 1.96 bits per heavy atom. The molecule has 0 aliphatic carbocycles. The summed E-state index contributed by atoms with van der Waals surface area (Å²) in [6.07, 6.45) is 4.85. The van der Waals surface area contributed by atoms with E-state index in [0.717, 1.165) is 11.1 Å². The van der Waals surface area contributed by atoms with Gasteiger partial charge in [-0.05, 0) is 23.8 Å². The third-order valence-electron chi connectivity index (χ3n) is 4.43. The fourth-order valence-electron chi connectivity index (χ4n) is 3.05. The maximum atomic E-state index is 13.1. The fourth-order valence-corrected chi connectivity index (χ4v) is 3.05. The van der Waals surface area contributed by atoms with Gasteiger partial charge in [-0.25, -0.2) is 9.36 Å². The highest BCUT2D eigenvalue weighted by Crippen LogP contribution is 2.20. The van der Waals surface area contributed by atoms with E-state index in [2.05, 4.69) is 0 Å². The van der Waals surface area contributed by atoms with Crippen molar-refractivity contribution in [2.45, 2.75) is 0 Å². The molecule has 0 bridgehead atoms. The van der Waals surface area contributed by atoms with Gasteiger partial charge >= 0.3 is 5.69 Å². The van der Waals surface area contributed by atoms with Gasteiger partial charge in [0.25, 0.3) is 5.91 Å². The van der Waals surface area contributed by atoms with Crippen LogP contribution in [0.1, 0.15) is 10.4 Å². The van der Waals surface area contributed by atoms with E-state index < -0.39 is 5.69 Å². The molecule has 0 saturated carbocycles. The zero-order chi connectivity index (χ0) is 19.3. The number of carbonyl (C=O) groups is 1. The number of hydrogen-bond donors (Lipinski definition) is 0.